The molecule has 0 aliphatic heterocycles. The third kappa shape index (κ3) is 3.65. The SMILES string of the molecule is COc1ccc(NC(=O)c2cnn(-c3cccc(C)c3)c2-n2cccc2)cc1OC. The number of nitrogens with zero attached hydrogens (tertiary/aromatic N) is 3. The summed E-state index contributed by atoms with van der Waals surface area (Å²) in [6, 6.07) is 17.0. The topological polar surface area (TPSA) is 70.3 Å². The number of ether oxygens (including phenoxy) is 2. The van der Waals surface area contributed by atoms with Gasteiger partial charge in [-0.15, -0.1) is 0 Å². The van der Waals surface area contributed by atoms with Crippen LogP contribution in [-0.2, 0) is 0 Å². The van der Waals surface area contributed by atoms with Gasteiger partial charge >= 0.3 is 0 Å². The van der Waals surface area contributed by atoms with Crippen molar-refractivity contribution in [2.24, 2.45) is 0 Å². The molecule has 0 bridgehead atoms. The van der Waals surface area contributed by atoms with Crippen molar-refractivity contribution in [3.05, 3.63) is 84.3 Å². The molecular formula is C23H22N4O3. The Morgan fingerprint density at radius 1 is 0.967 bits per heavy atom. The summed E-state index contributed by atoms with van der Waals surface area (Å²) in [5, 5.41) is 7.42. The van der Waals surface area contributed by atoms with E-state index >= 15 is 0 Å². The number of benzene rings is 2. The number of anilines is 1. The third-order valence-corrected chi connectivity index (χ3v) is 4.73. The molecule has 1 amide bonds. The summed E-state index contributed by atoms with van der Waals surface area (Å²) < 4.78 is 14.2. The fraction of sp³-hybridized carbons (Fsp3) is 0.130. The standard InChI is InChI=1S/C23H22N4O3/c1-16-7-6-8-18(13-16)27-23(26-11-4-5-12-26)19(15-24-27)22(28)25-17-9-10-20(29-2)21(14-17)30-3/h4-15H,1-3H3,(H,25,28). The van der Waals surface area contributed by atoms with Crippen LogP contribution in [0.15, 0.2) is 73.2 Å². The van der Waals surface area contributed by atoms with E-state index in [1.165, 1.54) is 0 Å². The number of methoxy groups -OCH3 is 2. The quantitative estimate of drug-likeness (QED) is 0.524. The minimum atomic E-state index is -0.273. The lowest BCUT2D eigenvalue weighted by atomic mass is 10.2. The molecule has 4 rings (SSSR count). The number of carbonyl (C=O) groups is 1. The van der Waals surface area contributed by atoms with Gasteiger partial charge in [-0.3, -0.25) is 4.79 Å². The molecule has 2 aromatic heterocycles. The number of aryl methyl sites for hydroxylation is 1. The third-order valence-electron chi connectivity index (χ3n) is 4.73. The van der Waals surface area contributed by atoms with Crippen molar-refractivity contribution in [1.29, 1.82) is 0 Å². The summed E-state index contributed by atoms with van der Waals surface area (Å²) in [4.78, 5) is 13.1. The molecule has 0 saturated heterocycles. The summed E-state index contributed by atoms with van der Waals surface area (Å²) >= 11 is 0. The Bertz CT molecular complexity index is 1180. The van der Waals surface area contributed by atoms with Crippen LogP contribution in [0.4, 0.5) is 5.69 Å². The lowest BCUT2D eigenvalue weighted by molar-refractivity contribution is 0.102. The molecule has 1 N–H and O–H groups in total. The molecule has 0 unspecified atom stereocenters. The van der Waals surface area contributed by atoms with Crippen LogP contribution in [0.5, 0.6) is 11.5 Å². The molecule has 4 aromatic rings. The van der Waals surface area contributed by atoms with E-state index in [1.807, 2.05) is 60.3 Å². The van der Waals surface area contributed by atoms with Crippen LogP contribution in [0.3, 0.4) is 0 Å². The maximum atomic E-state index is 13.1. The summed E-state index contributed by atoms with van der Waals surface area (Å²) in [6.45, 7) is 2.02. The van der Waals surface area contributed by atoms with Crippen molar-refractivity contribution in [2.75, 3.05) is 19.5 Å². The number of rotatable bonds is 6. The Labute approximate surface area is 174 Å². The second-order valence-corrected chi connectivity index (χ2v) is 6.75. The highest BCUT2D eigenvalue weighted by atomic mass is 16.5. The highest BCUT2D eigenvalue weighted by Gasteiger charge is 2.20. The van der Waals surface area contributed by atoms with E-state index in [-0.39, 0.29) is 5.91 Å². The van der Waals surface area contributed by atoms with Gasteiger partial charge in [0.15, 0.2) is 17.3 Å². The van der Waals surface area contributed by atoms with Gasteiger partial charge in [-0.1, -0.05) is 12.1 Å². The highest BCUT2D eigenvalue weighted by molar-refractivity contribution is 6.06. The maximum Gasteiger partial charge on any atom is 0.261 e. The van der Waals surface area contributed by atoms with Gasteiger partial charge in [0, 0.05) is 24.1 Å². The lowest BCUT2D eigenvalue weighted by Gasteiger charge is -2.13. The first-order valence-corrected chi connectivity index (χ1v) is 9.42. The van der Waals surface area contributed by atoms with Gasteiger partial charge in [-0.05, 0) is 48.9 Å². The smallest absolute Gasteiger partial charge is 0.261 e. The molecule has 0 aliphatic rings. The van der Waals surface area contributed by atoms with Gasteiger partial charge in [0.2, 0.25) is 0 Å². The normalized spacial score (nSPS) is 10.6. The highest BCUT2D eigenvalue weighted by Crippen LogP contribution is 2.30. The van der Waals surface area contributed by atoms with Crippen LogP contribution in [0.1, 0.15) is 15.9 Å². The number of nitrogens with one attached hydrogen (secondary N) is 1. The zero-order chi connectivity index (χ0) is 21.1. The predicted molar refractivity (Wildman–Crippen MR) is 115 cm³/mol. The molecule has 0 spiro atoms. The predicted octanol–water partition coefficient (Wildman–Crippen LogP) is 4.24. The van der Waals surface area contributed by atoms with E-state index in [0.717, 1.165) is 11.3 Å². The van der Waals surface area contributed by atoms with E-state index in [4.69, 9.17) is 9.47 Å². The number of hydrogen-bond donors (Lipinski definition) is 1. The molecule has 152 valence electrons. The van der Waals surface area contributed by atoms with Crippen molar-refractivity contribution in [2.45, 2.75) is 6.92 Å². The molecule has 0 radical (unpaired) electrons. The average Bonchev–Trinajstić information content (AvgIpc) is 3.43. The van der Waals surface area contributed by atoms with E-state index in [1.54, 1.807) is 43.3 Å². The second-order valence-electron chi connectivity index (χ2n) is 6.75. The van der Waals surface area contributed by atoms with Crippen LogP contribution in [0.2, 0.25) is 0 Å². The zero-order valence-electron chi connectivity index (χ0n) is 17.0. The average molecular weight is 402 g/mol. The van der Waals surface area contributed by atoms with Gasteiger partial charge < -0.3 is 19.4 Å². The van der Waals surface area contributed by atoms with Crippen LogP contribution in [-0.4, -0.2) is 34.5 Å². The van der Waals surface area contributed by atoms with Gasteiger partial charge in [0.1, 0.15) is 5.56 Å². The first kappa shape index (κ1) is 19.3. The second kappa shape index (κ2) is 8.16. The van der Waals surface area contributed by atoms with E-state index in [0.29, 0.717) is 28.6 Å². The molecule has 30 heavy (non-hydrogen) atoms. The van der Waals surface area contributed by atoms with Crippen molar-refractivity contribution < 1.29 is 14.3 Å². The van der Waals surface area contributed by atoms with Crippen molar-refractivity contribution >= 4 is 11.6 Å². The molecule has 0 aliphatic carbocycles. The van der Waals surface area contributed by atoms with Gasteiger partial charge in [-0.25, -0.2) is 4.68 Å². The number of hydrogen-bond acceptors (Lipinski definition) is 4. The minimum Gasteiger partial charge on any atom is -0.493 e. The molecule has 7 nitrogen and oxygen atoms in total. The first-order chi connectivity index (χ1) is 14.6. The van der Waals surface area contributed by atoms with E-state index in [2.05, 4.69) is 10.4 Å². The Morgan fingerprint density at radius 3 is 2.43 bits per heavy atom. The Hall–Kier alpha value is -4.00. The molecule has 0 fully saturated rings. The van der Waals surface area contributed by atoms with Crippen LogP contribution in [0.25, 0.3) is 11.5 Å². The largest absolute Gasteiger partial charge is 0.493 e. The molecule has 7 heteroatoms. The molecule has 2 aromatic carbocycles. The van der Waals surface area contributed by atoms with Crippen molar-refractivity contribution in [3.63, 3.8) is 0 Å². The summed E-state index contributed by atoms with van der Waals surface area (Å²) in [7, 11) is 3.12. The number of aromatic nitrogens is 3. The molecule has 0 atom stereocenters. The Kier molecular flexibility index (Phi) is 5.26. The van der Waals surface area contributed by atoms with Gasteiger partial charge in [0.05, 0.1) is 26.1 Å². The Morgan fingerprint density at radius 2 is 1.73 bits per heavy atom. The number of carbonyl (C=O) groups excluding carboxylic acids is 1. The molecule has 0 saturated carbocycles. The monoisotopic (exact) mass is 402 g/mol. The zero-order valence-corrected chi connectivity index (χ0v) is 17.0. The summed E-state index contributed by atoms with van der Waals surface area (Å²) in [5.74, 6) is 1.51. The summed E-state index contributed by atoms with van der Waals surface area (Å²) in [6.07, 6.45) is 5.35. The van der Waals surface area contributed by atoms with Crippen LogP contribution < -0.4 is 14.8 Å². The van der Waals surface area contributed by atoms with Crippen molar-refractivity contribution in [1.82, 2.24) is 14.3 Å². The lowest BCUT2D eigenvalue weighted by Crippen LogP contribution is -2.15. The summed E-state index contributed by atoms with van der Waals surface area (Å²) in [5.41, 5.74) is 3.03. The van der Waals surface area contributed by atoms with E-state index in [9.17, 15) is 4.79 Å². The fourth-order valence-corrected chi connectivity index (χ4v) is 3.29. The van der Waals surface area contributed by atoms with Crippen molar-refractivity contribution in [3.8, 4) is 23.0 Å². The fourth-order valence-electron chi connectivity index (χ4n) is 3.29. The van der Waals surface area contributed by atoms with Crippen LogP contribution in [0, 0.1) is 6.92 Å². The Balaban J connectivity index is 1.73. The maximum absolute atomic E-state index is 13.1. The van der Waals surface area contributed by atoms with Gasteiger partial charge in [0.25, 0.3) is 5.91 Å². The first-order valence-electron chi connectivity index (χ1n) is 9.42. The van der Waals surface area contributed by atoms with Crippen LogP contribution >= 0.6 is 0 Å². The minimum absolute atomic E-state index is 0.273. The molecule has 2 heterocycles. The van der Waals surface area contributed by atoms with Gasteiger partial charge in [-0.2, -0.15) is 5.10 Å². The molecular weight excluding hydrogens is 380 g/mol. The van der Waals surface area contributed by atoms with E-state index < -0.39 is 0 Å². The number of amides is 1.